The Morgan fingerprint density at radius 3 is 2.43 bits per heavy atom. The molecule has 0 amide bonds. The summed E-state index contributed by atoms with van der Waals surface area (Å²) in [6, 6.07) is 3.58. The van der Waals surface area contributed by atoms with Crippen LogP contribution in [0.3, 0.4) is 0 Å². The van der Waals surface area contributed by atoms with Crippen molar-refractivity contribution in [3.8, 4) is 0 Å². The van der Waals surface area contributed by atoms with Crippen LogP contribution in [0.1, 0.15) is 30.0 Å². The summed E-state index contributed by atoms with van der Waals surface area (Å²) < 4.78 is 27.1. The monoisotopic (exact) mass is 349 g/mol. The summed E-state index contributed by atoms with van der Waals surface area (Å²) in [4.78, 5) is 0.363. The first-order valence-electron chi connectivity index (χ1n) is 6.88. The Morgan fingerprint density at radius 1 is 1.29 bits per heavy atom. The van der Waals surface area contributed by atoms with Crippen LogP contribution in [0.2, 0.25) is 0 Å². The maximum atomic E-state index is 12.8. The number of hydrogen-bond acceptors (Lipinski definition) is 3. The second-order valence-electron chi connectivity index (χ2n) is 5.33. The van der Waals surface area contributed by atoms with Crippen LogP contribution >= 0.6 is 23.4 Å². The van der Waals surface area contributed by atoms with E-state index in [2.05, 4.69) is 0 Å². The molecule has 1 aromatic rings. The van der Waals surface area contributed by atoms with Crippen LogP contribution in [-0.4, -0.2) is 37.8 Å². The molecule has 21 heavy (non-hydrogen) atoms. The number of rotatable bonds is 7. The summed E-state index contributed by atoms with van der Waals surface area (Å²) in [7, 11) is -1.83. The van der Waals surface area contributed by atoms with Crippen LogP contribution in [0.15, 0.2) is 17.0 Å². The molecule has 0 N–H and O–H groups in total. The van der Waals surface area contributed by atoms with Crippen LogP contribution in [0, 0.1) is 13.8 Å². The first kappa shape index (κ1) is 18.8. The number of aryl methyl sites for hydroxylation is 2. The first-order valence-corrected chi connectivity index (χ1v) is 10.3. The summed E-state index contributed by atoms with van der Waals surface area (Å²) in [5, 5.41) is 0. The summed E-state index contributed by atoms with van der Waals surface area (Å²) in [5.41, 5.74) is 2.66. The van der Waals surface area contributed by atoms with E-state index in [-0.39, 0.29) is 6.04 Å². The Morgan fingerprint density at radius 2 is 1.90 bits per heavy atom. The van der Waals surface area contributed by atoms with Gasteiger partial charge in [0.25, 0.3) is 0 Å². The van der Waals surface area contributed by atoms with E-state index in [4.69, 9.17) is 11.6 Å². The number of alkyl halides is 1. The fraction of sp³-hybridized carbons (Fsp3) is 0.600. The molecule has 1 aromatic carbocycles. The maximum absolute atomic E-state index is 12.8. The molecule has 0 radical (unpaired) electrons. The van der Waals surface area contributed by atoms with Crippen molar-refractivity contribution in [3.63, 3.8) is 0 Å². The van der Waals surface area contributed by atoms with Crippen molar-refractivity contribution < 1.29 is 8.42 Å². The van der Waals surface area contributed by atoms with Gasteiger partial charge in [0.1, 0.15) is 0 Å². The molecular weight excluding hydrogens is 326 g/mol. The standard InChI is InChI=1S/C15H24ClNO2S2/c1-11-8-12(2)15(9-14(11)10-16)21(18,19)17(4)13(3)6-7-20-5/h8-9,13H,6-7,10H2,1-5H3. The quantitative estimate of drug-likeness (QED) is 0.702. The fourth-order valence-corrected chi connectivity index (χ4v) is 4.67. The van der Waals surface area contributed by atoms with Crippen molar-refractivity contribution in [2.45, 2.75) is 44.0 Å². The van der Waals surface area contributed by atoms with Gasteiger partial charge in [-0.1, -0.05) is 6.07 Å². The van der Waals surface area contributed by atoms with E-state index in [9.17, 15) is 8.42 Å². The first-order chi connectivity index (χ1) is 9.75. The molecular formula is C15H24ClNO2S2. The zero-order valence-corrected chi connectivity index (χ0v) is 15.7. The van der Waals surface area contributed by atoms with Gasteiger partial charge in [-0.2, -0.15) is 16.1 Å². The Balaban J connectivity index is 3.18. The molecule has 0 saturated carbocycles. The number of hydrogen-bond donors (Lipinski definition) is 0. The smallest absolute Gasteiger partial charge is 0.207 e. The van der Waals surface area contributed by atoms with Crippen LogP contribution < -0.4 is 0 Å². The minimum Gasteiger partial charge on any atom is -0.207 e. The molecule has 0 spiro atoms. The normalized spacial score (nSPS) is 13.7. The van der Waals surface area contributed by atoms with Crippen molar-refractivity contribution in [1.82, 2.24) is 4.31 Å². The number of benzene rings is 1. The van der Waals surface area contributed by atoms with Gasteiger partial charge < -0.3 is 0 Å². The number of nitrogens with zero attached hydrogens (tertiary/aromatic N) is 1. The highest BCUT2D eigenvalue weighted by molar-refractivity contribution is 7.98. The lowest BCUT2D eigenvalue weighted by Crippen LogP contribution is -2.35. The highest BCUT2D eigenvalue weighted by atomic mass is 35.5. The van der Waals surface area contributed by atoms with Gasteiger partial charge in [-0.3, -0.25) is 0 Å². The van der Waals surface area contributed by atoms with Crippen LogP contribution in [0.25, 0.3) is 0 Å². The van der Waals surface area contributed by atoms with E-state index in [1.165, 1.54) is 4.31 Å². The van der Waals surface area contributed by atoms with Gasteiger partial charge >= 0.3 is 0 Å². The average Bonchev–Trinajstić information content (AvgIpc) is 2.43. The van der Waals surface area contributed by atoms with Gasteiger partial charge in [0.2, 0.25) is 10.0 Å². The number of thioether (sulfide) groups is 1. The summed E-state index contributed by atoms with van der Waals surface area (Å²) in [6.07, 6.45) is 2.86. The Kier molecular flexibility index (Phi) is 7.04. The average molecular weight is 350 g/mol. The Hall–Kier alpha value is -0.230. The Bertz CT molecular complexity index is 588. The molecule has 0 bridgehead atoms. The molecule has 0 aromatic heterocycles. The minimum absolute atomic E-state index is 0.0254. The highest BCUT2D eigenvalue weighted by Crippen LogP contribution is 2.25. The van der Waals surface area contributed by atoms with E-state index < -0.39 is 10.0 Å². The molecule has 1 atom stereocenters. The van der Waals surface area contributed by atoms with Gasteiger partial charge in [-0.15, -0.1) is 11.6 Å². The van der Waals surface area contributed by atoms with Gasteiger partial charge in [-0.25, -0.2) is 8.42 Å². The van der Waals surface area contributed by atoms with Crippen LogP contribution in [-0.2, 0) is 15.9 Å². The van der Waals surface area contributed by atoms with Crippen molar-refractivity contribution in [3.05, 3.63) is 28.8 Å². The molecule has 3 nitrogen and oxygen atoms in total. The number of halogens is 1. The van der Waals surface area contributed by atoms with Gasteiger partial charge in [0.05, 0.1) is 4.90 Å². The van der Waals surface area contributed by atoms with E-state index in [1.54, 1.807) is 24.9 Å². The molecule has 120 valence electrons. The summed E-state index contributed by atoms with van der Waals surface area (Å²) in [5.74, 6) is 1.27. The van der Waals surface area contributed by atoms with Gasteiger partial charge in [0.15, 0.2) is 0 Å². The zero-order chi connectivity index (χ0) is 16.2. The molecule has 0 aliphatic rings. The lowest BCUT2D eigenvalue weighted by molar-refractivity contribution is 0.382. The summed E-state index contributed by atoms with van der Waals surface area (Å²) >= 11 is 7.63. The van der Waals surface area contributed by atoms with Crippen molar-refractivity contribution in [1.29, 1.82) is 0 Å². The van der Waals surface area contributed by atoms with Crippen molar-refractivity contribution >= 4 is 33.4 Å². The molecule has 1 unspecified atom stereocenters. The fourth-order valence-electron chi connectivity index (χ4n) is 2.16. The largest absolute Gasteiger partial charge is 0.243 e. The molecule has 0 aliphatic carbocycles. The molecule has 0 heterocycles. The predicted molar refractivity (Wildman–Crippen MR) is 92.9 cm³/mol. The predicted octanol–water partition coefficient (Wildman–Crippen LogP) is 3.80. The van der Waals surface area contributed by atoms with Crippen LogP contribution in [0.5, 0.6) is 0 Å². The van der Waals surface area contributed by atoms with Gasteiger partial charge in [-0.05, 0) is 62.0 Å². The molecule has 0 fully saturated rings. The third-order valence-electron chi connectivity index (χ3n) is 3.79. The van der Waals surface area contributed by atoms with Gasteiger partial charge in [0, 0.05) is 19.0 Å². The van der Waals surface area contributed by atoms with Crippen LogP contribution in [0.4, 0.5) is 0 Å². The molecule has 6 heteroatoms. The van der Waals surface area contributed by atoms with Crippen molar-refractivity contribution in [2.75, 3.05) is 19.1 Å². The molecule has 0 saturated heterocycles. The molecule has 0 aliphatic heterocycles. The summed E-state index contributed by atoms with van der Waals surface area (Å²) in [6.45, 7) is 5.73. The van der Waals surface area contributed by atoms with E-state index in [0.717, 1.165) is 28.9 Å². The topological polar surface area (TPSA) is 37.4 Å². The van der Waals surface area contributed by atoms with E-state index in [1.807, 2.05) is 33.1 Å². The minimum atomic E-state index is -3.48. The van der Waals surface area contributed by atoms with Crippen molar-refractivity contribution in [2.24, 2.45) is 0 Å². The highest BCUT2D eigenvalue weighted by Gasteiger charge is 2.27. The third kappa shape index (κ3) is 4.38. The maximum Gasteiger partial charge on any atom is 0.243 e. The zero-order valence-electron chi connectivity index (χ0n) is 13.3. The SMILES string of the molecule is CSCCC(C)N(C)S(=O)(=O)c1cc(CCl)c(C)cc1C. The van der Waals surface area contributed by atoms with E-state index in [0.29, 0.717) is 10.8 Å². The number of sulfonamides is 1. The lowest BCUT2D eigenvalue weighted by atomic mass is 10.1. The molecule has 1 rings (SSSR count). The second kappa shape index (κ2) is 7.86. The van der Waals surface area contributed by atoms with E-state index >= 15 is 0 Å². The second-order valence-corrected chi connectivity index (χ2v) is 8.55. The lowest BCUT2D eigenvalue weighted by Gasteiger charge is -2.25. The Labute approximate surface area is 138 Å². The third-order valence-corrected chi connectivity index (χ3v) is 6.84.